The van der Waals surface area contributed by atoms with E-state index in [1.165, 1.54) is 0 Å². The Bertz CT molecular complexity index is 2380. The van der Waals surface area contributed by atoms with E-state index >= 15 is 0 Å². The monoisotopic (exact) mass is 798 g/mol. The van der Waals surface area contributed by atoms with Gasteiger partial charge in [-0.1, -0.05) is 77.3 Å². The maximum atomic E-state index is 14.7. The first kappa shape index (κ1) is 37.0. The zero-order chi connectivity index (χ0) is 38.2. The number of hydrogen-bond acceptors (Lipinski definition) is 6. The van der Waals surface area contributed by atoms with Gasteiger partial charge in [-0.05, 0) is 68.1 Å². The van der Waals surface area contributed by atoms with E-state index in [4.69, 9.17) is 44.8 Å². The van der Waals surface area contributed by atoms with Gasteiger partial charge in [-0.2, -0.15) is 0 Å². The van der Waals surface area contributed by atoms with Crippen LogP contribution in [-0.4, -0.2) is 80.1 Å². The van der Waals surface area contributed by atoms with Crippen LogP contribution in [0.5, 0.6) is 0 Å². The molecule has 55 heavy (non-hydrogen) atoms. The molecule has 3 aromatic carbocycles. The van der Waals surface area contributed by atoms with Gasteiger partial charge in [-0.3, -0.25) is 9.59 Å². The van der Waals surface area contributed by atoms with Gasteiger partial charge in [-0.15, -0.1) is 9.60 Å². The number of nitrogens with one attached hydrogen (secondary N) is 2. The predicted octanol–water partition coefficient (Wildman–Crippen LogP) is 9.30. The van der Waals surface area contributed by atoms with Crippen molar-refractivity contribution in [3.05, 3.63) is 118 Å². The van der Waals surface area contributed by atoms with Gasteiger partial charge >= 0.3 is 0 Å². The van der Waals surface area contributed by atoms with Gasteiger partial charge in [0.2, 0.25) is 5.91 Å². The number of amides is 2. The topological polar surface area (TPSA) is 102 Å². The van der Waals surface area contributed by atoms with Crippen LogP contribution in [0.1, 0.15) is 48.3 Å². The highest BCUT2D eigenvalue weighted by Gasteiger charge is 2.33. The number of rotatable bonds is 8. The average Bonchev–Trinajstić information content (AvgIpc) is 3.73. The Labute approximate surface area is 332 Å². The summed E-state index contributed by atoms with van der Waals surface area (Å²) >= 11 is 19.5. The Morgan fingerprint density at radius 1 is 0.927 bits per heavy atom. The van der Waals surface area contributed by atoms with Crippen molar-refractivity contribution in [1.82, 2.24) is 29.5 Å². The number of H-pyrrole nitrogens is 1. The molecular formula is C41H38Cl3FN8O2. The molecule has 2 saturated heterocycles. The molecule has 8 rings (SSSR count). The molecule has 6 aromatic rings. The molecule has 1 unspecified atom stereocenters. The van der Waals surface area contributed by atoms with E-state index < -0.39 is 0 Å². The molecule has 1 atom stereocenters. The largest absolute Gasteiger partial charge is 0.355 e. The zero-order valence-electron chi connectivity index (χ0n) is 30.0. The van der Waals surface area contributed by atoms with E-state index in [1.807, 2.05) is 71.0 Å². The Morgan fingerprint density at radius 3 is 2.47 bits per heavy atom. The van der Waals surface area contributed by atoms with Crippen LogP contribution in [0, 0.1) is 0 Å². The van der Waals surface area contributed by atoms with Crippen molar-refractivity contribution < 1.29 is 14.1 Å². The highest BCUT2D eigenvalue weighted by Crippen LogP contribution is 2.42. The van der Waals surface area contributed by atoms with Gasteiger partial charge in [-0.25, -0.2) is 9.97 Å². The molecule has 2 amide bonds. The van der Waals surface area contributed by atoms with Crippen molar-refractivity contribution in [3.63, 3.8) is 0 Å². The molecule has 2 fully saturated rings. The lowest BCUT2D eigenvalue weighted by Gasteiger charge is -2.39. The standard InChI is InChI=1S/C41H38Cl3FN8O2/c1-25(30-12-10-27(42)21-32(30)44)53-24-47-37(26-7-3-2-4-8-26)39(53)36-31-13-11-28(43)22-34(31)48-38(36)41(55)49-33-9-5-16-46-40(33)50-19-14-29(15-20-50)52-18-6-17-51(45)23-35(52)54/h2-5,7-13,16,21-22,24-25,29,48H,6,14-15,17-20,23H2,1H3,(H,49,55). The number of piperidine rings is 1. The van der Waals surface area contributed by atoms with Crippen LogP contribution in [0.25, 0.3) is 33.4 Å². The van der Waals surface area contributed by atoms with Gasteiger partial charge in [0, 0.05) is 75.5 Å². The summed E-state index contributed by atoms with van der Waals surface area (Å²) in [6, 6.07) is 24.1. The molecular weight excluding hydrogens is 762 g/mol. The number of pyridine rings is 1. The maximum absolute atomic E-state index is 14.7. The lowest BCUT2D eigenvalue weighted by atomic mass is 9.99. The van der Waals surface area contributed by atoms with Gasteiger partial charge in [0.15, 0.2) is 5.82 Å². The summed E-state index contributed by atoms with van der Waals surface area (Å²) in [5.41, 5.74) is 5.33. The molecule has 0 spiro atoms. The fourth-order valence-electron chi connectivity index (χ4n) is 7.85. The smallest absolute Gasteiger partial charge is 0.272 e. The van der Waals surface area contributed by atoms with E-state index in [9.17, 15) is 14.1 Å². The Kier molecular flexibility index (Phi) is 10.5. The molecule has 0 aliphatic carbocycles. The van der Waals surface area contributed by atoms with Crippen LogP contribution in [0.2, 0.25) is 15.1 Å². The minimum Gasteiger partial charge on any atom is -0.355 e. The van der Waals surface area contributed by atoms with Crippen LogP contribution in [0.15, 0.2) is 91.4 Å². The molecule has 5 heterocycles. The lowest BCUT2D eigenvalue weighted by Crippen LogP contribution is -2.48. The number of carbonyl (C=O) groups excluding carboxylic acids is 2. The van der Waals surface area contributed by atoms with Gasteiger partial charge < -0.3 is 24.7 Å². The maximum Gasteiger partial charge on any atom is 0.272 e. The number of halogens is 4. The summed E-state index contributed by atoms with van der Waals surface area (Å²) < 4.78 is 16.0. The number of hydrogen-bond donors (Lipinski definition) is 2. The second-order valence-electron chi connectivity index (χ2n) is 14.0. The second-order valence-corrected chi connectivity index (χ2v) is 15.2. The van der Waals surface area contributed by atoms with E-state index in [0.717, 1.165) is 22.2 Å². The summed E-state index contributed by atoms with van der Waals surface area (Å²) in [6.07, 6.45) is 5.49. The van der Waals surface area contributed by atoms with E-state index in [2.05, 4.69) is 15.2 Å². The number of aromatic amines is 1. The average molecular weight is 800 g/mol. The number of carbonyl (C=O) groups is 2. The second kappa shape index (κ2) is 15.7. The number of nitrogens with zero attached hydrogens (tertiary/aromatic N) is 6. The minimum atomic E-state index is -0.374. The Hall–Kier alpha value is -4.94. The molecule has 2 aliphatic rings. The van der Waals surface area contributed by atoms with Crippen molar-refractivity contribution in [1.29, 1.82) is 0 Å². The Morgan fingerprint density at radius 2 is 1.69 bits per heavy atom. The first-order chi connectivity index (χ1) is 26.7. The molecule has 0 saturated carbocycles. The van der Waals surface area contributed by atoms with Crippen molar-refractivity contribution in [2.75, 3.05) is 42.9 Å². The molecule has 3 aromatic heterocycles. The molecule has 10 nitrogen and oxygen atoms in total. The summed E-state index contributed by atoms with van der Waals surface area (Å²) in [6.45, 7) is 3.87. The summed E-state index contributed by atoms with van der Waals surface area (Å²) in [7, 11) is 0. The Balaban J connectivity index is 1.16. The molecule has 2 aliphatic heterocycles. The number of benzene rings is 3. The van der Waals surface area contributed by atoms with Gasteiger partial charge in [0.1, 0.15) is 12.2 Å². The summed E-state index contributed by atoms with van der Waals surface area (Å²) in [5, 5.41) is 6.12. The van der Waals surface area contributed by atoms with Crippen molar-refractivity contribution in [2.24, 2.45) is 0 Å². The van der Waals surface area contributed by atoms with Crippen LogP contribution in [0.4, 0.5) is 16.0 Å². The normalized spacial score (nSPS) is 16.4. The predicted molar refractivity (Wildman–Crippen MR) is 217 cm³/mol. The fourth-order valence-corrected chi connectivity index (χ4v) is 8.59. The van der Waals surface area contributed by atoms with Crippen LogP contribution < -0.4 is 10.2 Å². The molecule has 2 N–H and O–H groups in total. The first-order valence-electron chi connectivity index (χ1n) is 18.3. The number of fused-ring (bicyclic) bond motifs is 1. The quantitative estimate of drug-likeness (QED) is 0.149. The van der Waals surface area contributed by atoms with E-state index in [1.54, 1.807) is 36.8 Å². The molecule has 14 heteroatoms. The molecule has 0 bridgehead atoms. The zero-order valence-corrected chi connectivity index (χ0v) is 32.3. The van der Waals surface area contributed by atoms with Crippen molar-refractivity contribution in [2.45, 2.75) is 38.3 Å². The minimum absolute atomic E-state index is 0.0199. The third-order valence-corrected chi connectivity index (χ3v) is 11.4. The highest BCUT2D eigenvalue weighted by molar-refractivity contribution is 6.35. The van der Waals surface area contributed by atoms with Crippen molar-refractivity contribution in [3.8, 4) is 22.5 Å². The number of aromatic nitrogens is 4. The third kappa shape index (κ3) is 7.41. The highest BCUT2D eigenvalue weighted by atomic mass is 35.5. The van der Waals surface area contributed by atoms with Crippen molar-refractivity contribution >= 4 is 69.0 Å². The van der Waals surface area contributed by atoms with Gasteiger partial charge in [0.25, 0.3) is 5.91 Å². The van der Waals surface area contributed by atoms with Crippen LogP contribution >= 0.6 is 34.8 Å². The SMILES string of the molecule is CC(c1ccc(Cl)cc1Cl)n1cnc(-c2ccccc2)c1-c1c(C(=O)Nc2cccnc2N2CCC(N3CCCN(F)CC3=O)CC2)[nH]c2cc(Cl)ccc12. The molecule has 0 radical (unpaired) electrons. The first-order valence-corrected chi connectivity index (χ1v) is 19.4. The lowest BCUT2D eigenvalue weighted by molar-refractivity contribution is -0.136. The summed E-state index contributed by atoms with van der Waals surface area (Å²) in [5.74, 6) is 0.0802. The number of imidazole rings is 1. The van der Waals surface area contributed by atoms with E-state index in [0.29, 0.717) is 93.1 Å². The number of anilines is 2. The fraction of sp³-hybridized carbons (Fsp3) is 0.268. The molecule has 282 valence electrons. The van der Waals surface area contributed by atoms with Crippen LogP contribution in [0.3, 0.4) is 0 Å². The van der Waals surface area contributed by atoms with Gasteiger partial charge in [0.05, 0.1) is 29.4 Å². The van der Waals surface area contributed by atoms with Crippen LogP contribution in [-0.2, 0) is 4.79 Å². The van der Waals surface area contributed by atoms with E-state index in [-0.39, 0.29) is 37.0 Å². The summed E-state index contributed by atoms with van der Waals surface area (Å²) in [4.78, 5) is 44.5. The third-order valence-electron chi connectivity index (χ3n) is 10.6.